The van der Waals surface area contributed by atoms with Crippen LogP contribution in [-0.2, 0) is 14.3 Å². The molecule has 5 rings (SSSR count). The number of hydrazine groups is 1. The number of fused-ring (bicyclic) bond motifs is 3. The summed E-state index contributed by atoms with van der Waals surface area (Å²) in [6, 6.07) is 19.2. The Kier molecular flexibility index (Phi) is 13.0. The number of benzene rings is 3. The number of ether oxygens (including phenoxy) is 3. The lowest BCUT2D eigenvalue weighted by Gasteiger charge is -2.31. The molecule has 2 aliphatic heterocycles. The predicted molar refractivity (Wildman–Crippen MR) is 188 cm³/mol. The Hall–Kier alpha value is -4.02. The summed E-state index contributed by atoms with van der Waals surface area (Å²) < 4.78 is 17.3. The predicted octanol–water partition coefficient (Wildman–Crippen LogP) is 1.19. The number of carbonyl (C=O) groups excluding carboxylic acids is 2. The summed E-state index contributed by atoms with van der Waals surface area (Å²) in [5, 5.41) is 24.8. The minimum atomic E-state index is -1.64. The Balaban J connectivity index is 1.14. The third-order valence-electron chi connectivity index (χ3n) is 8.05. The van der Waals surface area contributed by atoms with Crippen LogP contribution >= 0.6 is 11.6 Å². The molecule has 1 saturated heterocycles. The molecule has 0 radical (unpaired) electrons. The Labute approximate surface area is 291 Å². The van der Waals surface area contributed by atoms with Crippen molar-refractivity contribution >= 4 is 47.4 Å². The standard InChI is InChI=1S/C34H42BClN6O7/c1-3-37-31(43)21-29-33-41-40-22(2)42(33)30-12-11-27(20-28(30)32(39-29)23-7-9-26(36)10-8-23)49-18-17-48-16-15-47-14-13-38-34(44)24-5-4-6-25(19-24)35(45)46/h4-12,19-20,22,29,33,40-41,45-46H,3,13-18,21H2,1-2H3,(H,37,43)(H,38,44). The molecule has 2 heterocycles. The summed E-state index contributed by atoms with van der Waals surface area (Å²) in [4.78, 5) is 32.4. The first-order chi connectivity index (χ1) is 23.7. The average molecular weight is 693 g/mol. The van der Waals surface area contributed by atoms with Crippen molar-refractivity contribution in [3.05, 3.63) is 88.4 Å². The number of rotatable bonds is 16. The summed E-state index contributed by atoms with van der Waals surface area (Å²) in [5.74, 6) is 0.260. The lowest BCUT2D eigenvalue weighted by Crippen LogP contribution is -2.47. The average Bonchev–Trinajstić information content (AvgIpc) is 3.42. The first kappa shape index (κ1) is 36.3. The fraction of sp³-hybridized carbons (Fsp3) is 0.382. The molecule has 49 heavy (non-hydrogen) atoms. The van der Waals surface area contributed by atoms with E-state index in [0.29, 0.717) is 62.5 Å². The number of carbonyl (C=O) groups is 2. The molecule has 13 nitrogen and oxygen atoms in total. The van der Waals surface area contributed by atoms with Gasteiger partial charge in [0, 0.05) is 40.5 Å². The molecule has 0 saturated carbocycles. The second kappa shape index (κ2) is 17.6. The van der Waals surface area contributed by atoms with Crippen molar-refractivity contribution in [1.82, 2.24) is 21.5 Å². The van der Waals surface area contributed by atoms with E-state index in [2.05, 4.69) is 33.3 Å². The number of nitrogens with one attached hydrogen (secondary N) is 4. The van der Waals surface area contributed by atoms with Crippen LogP contribution in [0.2, 0.25) is 5.02 Å². The molecule has 15 heteroatoms. The number of anilines is 1. The molecule has 6 N–H and O–H groups in total. The normalized spacial score (nSPS) is 18.2. The van der Waals surface area contributed by atoms with Crippen molar-refractivity contribution in [3.8, 4) is 5.75 Å². The maximum Gasteiger partial charge on any atom is 0.488 e. The van der Waals surface area contributed by atoms with Crippen molar-refractivity contribution in [3.63, 3.8) is 0 Å². The van der Waals surface area contributed by atoms with E-state index in [1.165, 1.54) is 12.1 Å². The molecule has 3 unspecified atom stereocenters. The first-order valence-corrected chi connectivity index (χ1v) is 16.7. The summed E-state index contributed by atoms with van der Waals surface area (Å²) >= 11 is 6.22. The lowest BCUT2D eigenvalue weighted by atomic mass is 9.79. The Morgan fingerprint density at radius 2 is 1.71 bits per heavy atom. The van der Waals surface area contributed by atoms with Crippen molar-refractivity contribution in [2.45, 2.75) is 38.6 Å². The van der Waals surface area contributed by atoms with E-state index in [-0.39, 0.29) is 42.1 Å². The van der Waals surface area contributed by atoms with Crippen molar-refractivity contribution < 1.29 is 33.8 Å². The monoisotopic (exact) mass is 692 g/mol. The van der Waals surface area contributed by atoms with Crippen LogP contribution in [-0.4, -0.2) is 99.2 Å². The zero-order valence-corrected chi connectivity index (χ0v) is 28.3. The fourth-order valence-corrected chi connectivity index (χ4v) is 5.85. The van der Waals surface area contributed by atoms with E-state index in [9.17, 15) is 19.6 Å². The molecule has 3 atom stereocenters. The van der Waals surface area contributed by atoms with E-state index < -0.39 is 7.12 Å². The van der Waals surface area contributed by atoms with Crippen molar-refractivity contribution in [2.24, 2.45) is 4.99 Å². The molecule has 1 fully saturated rings. The van der Waals surface area contributed by atoms with Gasteiger partial charge in [0.1, 0.15) is 18.5 Å². The second-order valence-electron chi connectivity index (χ2n) is 11.5. The van der Waals surface area contributed by atoms with Crippen LogP contribution in [0.5, 0.6) is 5.75 Å². The summed E-state index contributed by atoms with van der Waals surface area (Å²) in [5.41, 5.74) is 10.7. The highest BCUT2D eigenvalue weighted by atomic mass is 35.5. The molecule has 0 aliphatic carbocycles. The zero-order chi connectivity index (χ0) is 34.8. The molecule has 0 aromatic heterocycles. The lowest BCUT2D eigenvalue weighted by molar-refractivity contribution is -0.121. The topological polar surface area (TPSA) is 166 Å². The molecule has 2 aliphatic rings. The van der Waals surface area contributed by atoms with Gasteiger partial charge in [-0.15, -0.1) is 0 Å². The van der Waals surface area contributed by atoms with Gasteiger partial charge in [-0.2, -0.15) is 0 Å². The van der Waals surface area contributed by atoms with Crippen molar-refractivity contribution in [2.75, 3.05) is 51.0 Å². The number of hydrogen-bond donors (Lipinski definition) is 6. The summed E-state index contributed by atoms with van der Waals surface area (Å²) in [6.07, 6.45) is -0.0942. The van der Waals surface area contributed by atoms with Gasteiger partial charge in [0.05, 0.1) is 50.8 Å². The number of aliphatic imine (C=N–C) groups is 1. The van der Waals surface area contributed by atoms with Gasteiger partial charge in [-0.1, -0.05) is 35.9 Å². The highest BCUT2D eigenvalue weighted by molar-refractivity contribution is 6.58. The van der Waals surface area contributed by atoms with Gasteiger partial charge >= 0.3 is 7.12 Å². The van der Waals surface area contributed by atoms with Crippen LogP contribution in [0.4, 0.5) is 5.69 Å². The van der Waals surface area contributed by atoms with Crippen molar-refractivity contribution in [1.29, 1.82) is 0 Å². The van der Waals surface area contributed by atoms with E-state index in [1.54, 1.807) is 12.1 Å². The minimum absolute atomic E-state index is 0.0575. The highest BCUT2D eigenvalue weighted by Crippen LogP contribution is 2.36. The zero-order valence-electron chi connectivity index (χ0n) is 27.5. The maximum absolute atomic E-state index is 12.7. The van der Waals surface area contributed by atoms with Crippen LogP contribution in [0.3, 0.4) is 0 Å². The highest BCUT2D eigenvalue weighted by Gasteiger charge is 2.40. The number of halogens is 1. The second-order valence-corrected chi connectivity index (χ2v) is 12.0. The van der Waals surface area contributed by atoms with Gasteiger partial charge < -0.3 is 39.8 Å². The van der Waals surface area contributed by atoms with Gasteiger partial charge in [0.15, 0.2) is 0 Å². The number of amides is 2. The summed E-state index contributed by atoms with van der Waals surface area (Å²) in [6.45, 7) is 6.45. The van der Waals surface area contributed by atoms with Gasteiger partial charge in [-0.05, 0) is 61.8 Å². The SMILES string of the molecule is CCNC(=O)CC1N=C(c2ccc(Cl)cc2)c2cc(OCCOCCOCCNC(=O)c3cccc(B(O)O)c3)ccc2N2C(C)NNC12. The summed E-state index contributed by atoms with van der Waals surface area (Å²) in [7, 11) is -1.64. The van der Waals surface area contributed by atoms with Crippen LogP contribution in [0.15, 0.2) is 71.7 Å². The molecular formula is C34H42BClN6O7. The largest absolute Gasteiger partial charge is 0.491 e. The Morgan fingerprint density at radius 3 is 2.47 bits per heavy atom. The molecule has 0 bridgehead atoms. The molecule has 2 amide bonds. The molecule has 3 aromatic carbocycles. The third kappa shape index (κ3) is 9.58. The molecule has 0 spiro atoms. The molecule has 3 aromatic rings. The number of hydrogen-bond acceptors (Lipinski definition) is 11. The molecule has 260 valence electrons. The van der Waals surface area contributed by atoms with Gasteiger partial charge in [0.25, 0.3) is 5.91 Å². The maximum atomic E-state index is 12.7. The minimum Gasteiger partial charge on any atom is -0.491 e. The van der Waals surface area contributed by atoms with Crippen LogP contribution in [0.25, 0.3) is 0 Å². The van der Waals surface area contributed by atoms with E-state index in [0.717, 1.165) is 22.5 Å². The quantitative estimate of drug-likeness (QED) is 0.0949. The van der Waals surface area contributed by atoms with E-state index >= 15 is 0 Å². The third-order valence-corrected chi connectivity index (χ3v) is 8.30. The van der Waals surface area contributed by atoms with E-state index in [4.69, 9.17) is 30.8 Å². The van der Waals surface area contributed by atoms with Gasteiger partial charge in [-0.3, -0.25) is 14.6 Å². The Bertz CT molecular complexity index is 1610. The van der Waals surface area contributed by atoms with Gasteiger partial charge in [-0.25, -0.2) is 10.9 Å². The number of nitrogens with zero attached hydrogens (tertiary/aromatic N) is 2. The smallest absolute Gasteiger partial charge is 0.488 e. The first-order valence-electron chi connectivity index (χ1n) is 16.3. The van der Waals surface area contributed by atoms with Crippen LogP contribution in [0.1, 0.15) is 41.8 Å². The van der Waals surface area contributed by atoms with Crippen LogP contribution < -0.4 is 36.6 Å². The van der Waals surface area contributed by atoms with E-state index in [1.807, 2.05) is 49.4 Å². The van der Waals surface area contributed by atoms with Crippen LogP contribution in [0, 0.1) is 0 Å². The fourth-order valence-electron chi connectivity index (χ4n) is 5.73. The van der Waals surface area contributed by atoms with Gasteiger partial charge in [0.2, 0.25) is 5.91 Å². The Morgan fingerprint density at radius 1 is 0.959 bits per heavy atom. The molecular weight excluding hydrogens is 651 g/mol.